The molecule has 5 rings (SSSR count). The third-order valence-corrected chi connectivity index (χ3v) is 9.58. The average molecular weight is 521 g/mol. The first kappa shape index (κ1) is 24.6. The number of carbonyl (C=O) groups is 2. The maximum Gasteiger partial charge on any atom is 0.259 e. The van der Waals surface area contributed by atoms with E-state index in [9.17, 15) is 18.0 Å². The summed E-state index contributed by atoms with van der Waals surface area (Å²) in [6.45, 7) is 1.89. The molecule has 3 aromatic carbocycles. The average Bonchev–Trinajstić information content (AvgIpc) is 3.35. The molecule has 0 unspecified atom stereocenters. The highest BCUT2D eigenvalue weighted by molar-refractivity contribution is 7.99. The zero-order valence-electron chi connectivity index (χ0n) is 20.1. The van der Waals surface area contributed by atoms with E-state index in [1.54, 1.807) is 30.3 Å². The van der Waals surface area contributed by atoms with Crippen molar-refractivity contribution in [3.05, 3.63) is 77.9 Å². The fourth-order valence-electron chi connectivity index (χ4n) is 4.80. The molecule has 0 aromatic heterocycles. The number of nitrogens with zero attached hydrogens (tertiary/aromatic N) is 1. The Bertz CT molecular complexity index is 1410. The lowest BCUT2D eigenvalue weighted by atomic mass is 10.1. The second-order valence-electron chi connectivity index (χ2n) is 9.32. The Labute approximate surface area is 216 Å². The van der Waals surface area contributed by atoms with Gasteiger partial charge in [0, 0.05) is 27.9 Å². The molecule has 36 heavy (non-hydrogen) atoms. The van der Waals surface area contributed by atoms with E-state index in [0.717, 1.165) is 46.7 Å². The second-order valence-corrected chi connectivity index (χ2v) is 12.5. The Kier molecular flexibility index (Phi) is 6.90. The van der Waals surface area contributed by atoms with Gasteiger partial charge in [0.2, 0.25) is 5.91 Å². The van der Waals surface area contributed by atoms with E-state index in [0.29, 0.717) is 11.3 Å². The summed E-state index contributed by atoms with van der Waals surface area (Å²) in [4.78, 5) is 30.1. The van der Waals surface area contributed by atoms with Crippen LogP contribution in [0.5, 0.6) is 0 Å². The Morgan fingerprint density at radius 2 is 1.72 bits per heavy atom. The van der Waals surface area contributed by atoms with Gasteiger partial charge in [-0.25, -0.2) is 8.42 Å². The molecule has 1 heterocycles. The van der Waals surface area contributed by atoms with E-state index >= 15 is 0 Å². The van der Waals surface area contributed by atoms with Gasteiger partial charge in [0.25, 0.3) is 5.91 Å². The number of nitrogens with one attached hydrogen (secondary N) is 1. The highest BCUT2D eigenvalue weighted by Gasteiger charge is 2.34. The lowest BCUT2D eigenvalue weighted by molar-refractivity contribution is -0.115. The van der Waals surface area contributed by atoms with Crippen LogP contribution in [-0.4, -0.2) is 32.0 Å². The summed E-state index contributed by atoms with van der Waals surface area (Å²) in [6.07, 6.45) is 4.03. The van der Waals surface area contributed by atoms with Crippen LogP contribution in [0.4, 0.5) is 11.4 Å². The third-order valence-electron chi connectivity index (χ3n) is 6.73. The first-order valence-electron chi connectivity index (χ1n) is 12.2. The van der Waals surface area contributed by atoms with E-state index in [1.165, 1.54) is 11.8 Å². The quantitative estimate of drug-likeness (QED) is 0.441. The molecule has 1 saturated carbocycles. The summed E-state index contributed by atoms with van der Waals surface area (Å²) in [6, 6.07) is 20.0. The minimum atomic E-state index is -3.55. The van der Waals surface area contributed by atoms with Crippen molar-refractivity contribution in [2.75, 3.05) is 16.0 Å². The number of sulfone groups is 1. The number of anilines is 2. The fraction of sp³-hybridized carbons (Fsp3) is 0.286. The Morgan fingerprint density at radius 1 is 1.00 bits per heavy atom. The van der Waals surface area contributed by atoms with E-state index in [1.807, 2.05) is 48.2 Å². The van der Waals surface area contributed by atoms with E-state index in [-0.39, 0.29) is 34.9 Å². The molecule has 1 aliphatic carbocycles. The summed E-state index contributed by atoms with van der Waals surface area (Å²) in [7, 11) is -3.55. The summed E-state index contributed by atoms with van der Waals surface area (Å²) in [5, 5.41) is 2.85. The van der Waals surface area contributed by atoms with Crippen LogP contribution < -0.4 is 10.2 Å². The number of rotatable bonds is 6. The van der Waals surface area contributed by atoms with Crippen LogP contribution in [0.2, 0.25) is 0 Å². The van der Waals surface area contributed by atoms with Crippen LogP contribution in [-0.2, 0) is 14.6 Å². The summed E-state index contributed by atoms with van der Waals surface area (Å²) in [5.74, 6) is -0.617. The molecule has 1 fully saturated rings. The first-order valence-corrected chi connectivity index (χ1v) is 14.6. The number of hydrogen-bond donors (Lipinski definition) is 1. The molecular formula is C28H28N2O4S2. The summed E-state index contributed by atoms with van der Waals surface area (Å²) < 4.78 is 25.2. The van der Waals surface area contributed by atoms with Crippen molar-refractivity contribution in [2.45, 2.75) is 59.8 Å². The summed E-state index contributed by atoms with van der Waals surface area (Å²) >= 11 is 1.52. The molecule has 6 nitrogen and oxygen atoms in total. The van der Waals surface area contributed by atoms with Gasteiger partial charge in [-0.15, -0.1) is 0 Å². The number of benzene rings is 3. The van der Waals surface area contributed by atoms with Crippen LogP contribution in [0, 0.1) is 6.92 Å². The minimum absolute atomic E-state index is 0.0156. The largest absolute Gasteiger partial charge is 0.326 e. The molecule has 186 valence electrons. The summed E-state index contributed by atoms with van der Waals surface area (Å²) in [5.41, 5.74) is 3.10. The number of hydrogen-bond acceptors (Lipinski definition) is 5. The monoisotopic (exact) mass is 520 g/mol. The van der Waals surface area contributed by atoms with E-state index < -0.39 is 9.84 Å². The lowest BCUT2D eigenvalue weighted by Gasteiger charge is -2.29. The molecule has 0 spiro atoms. The Morgan fingerprint density at radius 3 is 2.47 bits per heavy atom. The Balaban J connectivity index is 1.36. The minimum Gasteiger partial charge on any atom is -0.326 e. The molecule has 2 amide bonds. The molecule has 0 saturated heterocycles. The van der Waals surface area contributed by atoms with E-state index in [2.05, 4.69) is 5.32 Å². The number of fused-ring (bicyclic) bond motifs is 2. The third kappa shape index (κ3) is 5.06. The Hall–Kier alpha value is -3.10. The standard InChI is InChI=1S/C28H28N2O4S2/c1-19-10-13-22(14-11-19)36(33,34)17-16-27(31)29-20-12-15-24-26(18-20)35-25-9-5-4-8-23(25)28(32)30(24)21-6-2-3-7-21/h4-5,8-15,18,21H,2-3,6-7,16-17H2,1H3,(H,29,31). The van der Waals surface area contributed by atoms with Crippen LogP contribution in [0.3, 0.4) is 0 Å². The molecule has 8 heteroatoms. The van der Waals surface area contributed by atoms with Crippen molar-refractivity contribution >= 4 is 44.8 Å². The second kappa shape index (κ2) is 10.1. The molecule has 0 radical (unpaired) electrons. The zero-order valence-corrected chi connectivity index (χ0v) is 21.7. The highest BCUT2D eigenvalue weighted by atomic mass is 32.2. The molecular weight excluding hydrogens is 492 g/mol. The van der Waals surface area contributed by atoms with Crippen molar-refractivity contribution < 1.29 is 18.0 Å². The predicted octanol–water partition coefficient (Wildman–Crippen LogP) is 5.85. The number of amides is 2. The van der Waals surface area contributed by atoms with Crippen molar-refractivity contribution in [1.29, 1.82) is 0 Å². The smallest absolute Gasteiger partial charge is 0.259 e. The normalized spacial score (nSPS) is 15.8. The molecule has 3 aromatic rings. The van der Waals surface area contributed by atoms with Crippen LogP contribution in [0.25, 0.3) is 0 Å². The maximum atomic E-state index is 13.5. The van der Waals surface area contributed by atoms with Crippen molar-refractivity contribution in [3.8, 4) is 0 Å². The number of carbonyl (C=O) groups excluding carboxylic acids is 2. The van der Waals surface area contributed by atoms with Gasteiger partial charge < -0.3 is 10.2 Å². The topological polar surface area (TPSA) is 83.5 Å². The number of aryl methyl sites for hydroxylation is 1. The van der Waals surface area contributed by atoms with E-state index in [4.69, 9.17) is 0 Å². The predicted molar refractivity (Wildman–Crippen MR) is 143 cm³/mol. The van der Waals surface area contributed by atoms with Crippen LogP contribution >= 0.6 is 11.8 Å². The molecule has 1 N–H and O–H groups in total. The van der Waals surface area contributed by atoms with Crippen molar-refractivity contribution in [2.24, 2.45) is 0 Å². The van der Waals surface area contributed by atoms with Crippen LogP contribution in [0.15, 0.2) is 81.4 Å². The van der Waals surface area contributed by atoms with Gasteiger partial charge in [0.05, 0.1) is 21.9 Å². The maximum absolute atomic E-state index is 13.5. The van der Waals surface area contributed by atoms with Crippen LogP contribution in [0.1, 0.15) is 48.0 Å². The van der Waals surface area contributed by atoms with Gasteiger partial charge in [-0.2, -0.15) is 0 Å². The SMILES string of the molecule is Cc1ccc(S(=O)(=O)CCC(=O)Nc2ccc3c(c2)Sc2ccccc2C(=O)N3C2CCCC2)cc1. The van der Waals surface area contributed by atoms with Gasteiger partial charge in [-0.3, -0.25) is 9.59 Å². The highest BCUT2D eigenvalue weighted by Crippen LogP contribution is 2.44. The molecule has 2 aliphatic rings. The molecule has 0 bridgehead atoms. The van der Waals surface area contributed by atoms with Gasteiger partial charge in [-0.05, 0) is 62.2 Å². The van der Waals surface area contributed by atoms with Crippen molar-refractivity contribution in [3.63, 3.8) is 0 Å². The lowest BCUT2D eigenvalue weighted by Crippen LogP contribution is -2.39. The van der Waals surface area contributed by atoms with Crippen molar-refractivity contribution in [1.82, 2.24) is 0 Å². The van der Waals surface area contributed by atoms with Gasteiger partial charge in [0.1, 0.15) is 0 Å². The first-order chi connectivity index (χ1) is 17.3. The fourth-order valence-corrected chi connectivity index (χ4v) is 7.15. The molecule has 0 atom stereocenters. The van der Waals surface area contributed by atoms with Gasteiger partial charge >= 0.3 is 0 Å². The van der Waals surface area contributed by atoms with Gasteiger partial charge in [-0.1, -0.05) is 54.4 Å². The zero-order chi connectivity index (χ0) is 25.3. The molecule has 1 aliphatic heterocycles. The van der Waals surface area contributed by atoms with Gasteiger partial charge in [0.15, 0.2) is 9.84 Å².